The van der Waals surface area contributed by atoms with E-state index < -0.39 is 0 Å². The number of benzene rings is 1. The predicted molar refractivity (Wildman–Crippen MR) is 89.6 cm³/mol. The van der Waals surface area contributed by atoms with E-state index >= 15 is 0 Å². The molecule has 0 N–H and O–H groups in total. The molecule has 20 heavy (non-hydrogen) atoms. The summed E-state index contributed by atoms with van der Waals surface area (Å²) in [6.45, 7) is 2.35. The normalized spacial score (nSPS) is 21.4. The minimum absolute atomic E-state index is 0. The average molecular weight is 374 g/mol. The maximum atomic E-state index is 3.60. The van der Waals surface area contributed by atoms with Gasteiger partial charge >= 0.3 is 26.2 Å². The fraction of sp³-hybridized carbons (Fsp3) is 0.118. The van der Waals surface area contributed by atoms with Gasteiger partial charge in [-0.15, -0.1) is 58.2 Å². The van der Waals surface area contributed by atoms with E-state index in [1.165, 1.54) is 26.3 Å². The first-order chi connectivity index (χ1) is 9.31. The third kappa shape index (κ3) is 2.47. The Balaban J connectivity index is 0.000000807. The second kappa shape index (κ2) is 5.84. The van der Waals surface area contributed by atoms with Crippen LogP contribution in [-0.4, -0.2) is 11.9 Å². The first-order valence-corrected chi connectivity index (χ1v) is 9.06. The van der Waals surface area contributed by atoms with Gasteiger partial charge in [-0.05, 0) is 6.66 Å². The second-order valence-corrected chi connectivity index (χ2v) is 8.41. The van der Waals surface area contributed by atoms with Crippen LogP contribution in [0.1, 0.15) is 2.85 Å². The molecule has 1 aliphatic carbocycles. The molecule has 1 aliphatic heterocycles. The monoisotopic (exact) mass is 372 g/mol. The van der Waals surface area contributed by atoms with E-state index in [2.05, 4.69) is 67.4 Å². The molecule has 1 heterocycles. The Bertz CT molecular complexity index is 715. The largest absolute Gasteiger partial charge is 4.00 e. The van der Waals surface area contributed by atoms with Crippen molar-refractivity contribution in [1.29, 1.82) is 0 Å². The first kappa shape index (κ1) is 14.6. The van der Waals surface area contributed by atoms with Gasteiger partial charge in [-0.3, -0.25) is 0 Å². The molecule has 2 aromatic rings. The van der Waals surface area contributed by atoms with E-state index in [1.807, 2.05) is 11.8 Å². The number of thioether (sulfide) groups is 1. The topological polar surface area (TPSA) is 0 Å². The van der Waals surface area contributed by atoms with Gasteiger partial charge in [0.2, 0.25) is 0 Å². The molecule has 0 aromatic heterocycles. The van der Waals surface area contributed by atoms with E-state index in [-0.39, 0.29) is 37.0 Å². The van der Waals surface area contributed by atoms with Crippen molar-refractivity contribution in [3.8, 4) is 0 Å². The Morgan fingerprint density at radius 2 is 2.20 bits per heavy atom. The Morgan fingerprint density at radius 3 is 3.00 bits per heavy atom. The van der Waals surface area contributed by atoms with Gasteiger partial charge in [-0.2, -0.15) is 6.07 Å². The standard InChI is InChI=1S/C17H13PS.Zr.2H/c1-18(17-11-14-7-4-8-16(14)19-17)15-9-12-5-2-3-6-13(12)10-15;;;/h2-10,16H,1H3;;;/q-2;+4;2*-1. The second-order valence-electron chi connectivity index (χ2n) is 4.88. The minimum Gasteiger partial charge on any atom is -1.00 e. The molecule has 0 amide bonds. The Hall–Kier alpha value is -0.287. The van der Waals surface area contributed by atoms with Gasteiger partial charge in [0, 0.05) is 5.25 Å². The molecule has 2 aliphatic rings. The van der Waals surface area contributed by atoms with Crippen molar-refractivity contribution < 1.29 is 29.1 Å². The van der Waals surface area contributed by atoms with Gasteiger partial charge in [0.05, 0.1) is 0 Å². The molecule has 2 atom stereocenters. The Kier molecular flexibility index (Phi) is 4.27. The first-order valence-electron chi connectivity index (χ1n) is 6.39. The van der Waals surface area contributed by atoms with E-state index in [9.17, 15) is 0 Å². The van der Waals surface area contributed by atoms with Crippen molar-refractivity contribution in [2.24, 2.45) is 0 Å². The molecule has 0 nitrogen and oxygen atoms in total. The Morgan fingerprint density at radius 1 is 1.35 bits per heavy atom. The third-order valence-electron chi connectivity index (χ3n) is 3.65. The molecule has 98 valence electrons. The van der Waals surface area contributed by atoms with Crippen LogP contribution in [-0.2, 0) is 26.2 Å². The van der Waals surface area contributed by atoms with Crippen LogP contribution in [0.4, 0.5) is 0 Å². The van der Waals surface area contributed by atoms with Crippen LogP contribution in [0, 0.1) is 6.08 Å². The fourth-order valence-corrected chi connectivity index (χ4v) is 5.89. The maximum absolute atomic E-state index is 3.60. The van der Waals surface area contributed by atoms with Gasteiger partial charge in [0.1, 0.15) is 0 Å². The number of fused-ring (bicyclic) bond motifs is 2. The minimum atomic E-state index is -0.255. The SMILES string of the molecule is CP(C1=[C-]C2=CC=CC2S1)c1cc2ccccc2[cH-]1.[H-].[H-].[Zr+4]. The van der Waals surface area contributed by atoms with Crippen molar-refractivity contribution in [3.05, 3.63) is 70.9 Å². The summed E-state index contributed by atoms with van der Waals surface area (Å²) in [5.74, 6) is 0. The van der Waals surface area contributed by atoms with Gasteiger partial charge < -0.3 is 2.85 Å². The molecule has 0 spiro atoms. The van der Waals surface area contributed by atoms with E-state index in [4.69, 9.17) is 0 Å². The summed E-state index contributed by atoms with van der Waals surface area (Å²) in [5, 5.41) is 4.71. The van der Waals surface area contributed by atoms with E-state index in [0.717, 1.165) is 0 Å². The zero-order chi connectivity index (χ0) is 12.8. The summed E-state index contributed by atoms with van der Waals surface area (Å²) in [4.78, 5) is 0. The average Bonchev–Trinajstić information content (AvgIpc) is 3.10. The number of allylic oxidation sites excluding steroid dienone is 3. The van der Waals surface area contributed by atoms with Gasteiger partial charge in [0.15, 0.2) is 0 Å². The zero-order valence-corrected chi connectivity index (χ0v) is 15.3. The molecule has 3 heteroatoms. The summed E-state index contributed by atoms with van der Waals surface area (Å²) in [5.41, 5.74) is 1.35. The molecule has 0 fully saturated rings. The van der Waals surface area contributed by atoms with Gasteiger partial charge in [-0.1, -0.05) is 24.7 Å². The van der Waals surface area contributed by atoms with E-state index in [1.54, 1.807) is 0 Å². The number of hydrogen-bond donors (Lipinski definition) is 0. The summed E-state index contributed by atoms with van der Waals surface area (Å²) >= 11 is 1.97. The molecule has 4 rings (SSSR count). The van der Waals surface area contributed by atoms with Gasteiger partial charge in [-0.25, -0.2) is 17.7 Å². The van der Waals surface area contributed by atoms with Crippen LogP contribution in [0.3, 0.4) is 0 Å². The number of rotatable bonds is 2. The van der Waals surface area contributed by atoms with Crippen molar-refractivity contribution in [2.45, 2.75) is 5.25 Å². The summed E-state index contributed by atoms with van der Waals surface area (Å²) in [6.07, 6.45) is 10.2. The summed E-state index contributed by atoms with van der Waals surface area (Å²) in [6, 6.07) is 13.3. The zero-order valence-electron chi connectivity index (χ0n) is 13.1. The van der Waals surface area contributed by atoms with Crippen molar-refractivity contribution in [1.82, 2.24) is 0 Å². The molecule has 0 saturated heterocycles. The van der Waals surface area contributed by atoms with Crippen LogP contribution in [0.25, 0.3) is 10.8 Å². The molecule has 2 unspecified atom stereocenters. The molecular weight excluding hydrogens is 358 g/mol. The molecule has 2 aromatic carbocycles. The molecule has 0 bridgehead atoms. The smallest absolute Gasteiger partial charge is 1.00 e. The quantitative estimate of drug-likeness (QED) is 0.539. The van der Waals surface area contributed by atoms with Gasteiger partial charge in [0.25, 0.3) is 0 Å². The predicted octanol–water partition coefficient (Wildman–Crippen LogP) is 4.77. The fourth-order valence-electron chi connectivity index (χ4n) is 2.56. The van der Waals surface area contributed by atoms with Crippen LogP contribution >= 0.6 is 19.7 Å². The van der Waals surface area contributed by atoms with Crippen LogP contribution in [0.2, 0.25) is 0 Å². The molecule has 0 radical (unpaired) electrons. The van der Waals surface area contributed by atoms with Crippen molar-refractivity contribution in [3.63, 3.8) is 0 Å². The number of hydrogen-bond acceptors (Lipinski definition) is 1. The van der Waals surface area contributed by atoms with Crippen molar-refractivity contribution >= 4 is 35.8 Å². The molecule has 0 saturated carbocycles. The molecular formula is C17H15PSZr. The van der Waals surface area contributed by atoms with E-state index in [0.29, 0.717) is 5.25 Å². The van der Waals surface area contributed by atoms with Crippen molar-refractivity contribution in [2.75, 3.05) is 6.66 Å². The Labute approximate surface area is 147 Å². The third-order valence-corrected chi connectivity index (χ3v) is 7.53. The van der Waals surface area contributed by atoms with Crippen LogP contribution in [0.15, 0.2) is 64.8 Å². The summed E-state index contributed by atoms with van der Waals surface area (Å²) in [7, 11) is -0.255. The van der Waals surface area contributed by atoms with Crippen LogP contribution < -0.4 is 5.30 Å². The maximum Gasteiger partial charge on any atom is 4.00 e. The summed E-state index contributed by atoms with van der Waals surface area (Å²) < 4.78 is 1.44. The van der Waals surface area contributed by atoms with Crippen LogP contribution in [0.5, 0.6) is 0 Å².